The first-order valence-corrected chi connectivity index (χ1v) is 8.63. The molecule has 0 bridgehead atoms. The van der Waals surface area contributed by atoms with E-state index in [-0.39, 0.29) is 11.3 Å². The third-order valence-corrected chi connectivity index (χ3v) is 4.14. The molecule has 1 N–H and O–H groups in total. The molecule has 0 saturated heterocycles. The van der Waals surface area contributed by atoms with E-state index in [1.165, 1.54) is 14.0 Å². The van der Waals surface area contributed by atoms with Gasteiger partial charge in [-0.2, -0.15) is 0 Å². The summed E-state index contributed by atoms with van der Waals surface area (Å²) in [6.45, 7) is 5.02. The maximum Gasteiger partial charge on any atom is 0.336 e. The molecule has 2 atom stereocenters. The quantitative estimate of drug-likeness (QED) is 0.374. The molecular formula is C18H26N2O7. The zero-order chi connectivity index (χ0) is 20.6. The first kappa shape index (κ1) is 22.3. The van der Waals surface area contributed by atoms with Gasteiger partial charge in [-0.15, -0.1) is 0 Å². The number of ether oxygens (including phenoxy) is 3. The summed E-state index contributed by atoms with van der Waals surface area (Å²) in [5.41, 5.74) is 0.463. The highest BCUT2D eigenvalue weighted by atomic mass is 16.5. The number of aliphatic imine (C=N–C) groups is 1. The summed E-state index contributed by atoms with van der Waals surface area (Å²) in [6, 6.07) is 0. The normalized spacial score (nSPS) is 19.1. The SMILES string of the molecule is CCCCNC(=O)COC(=O)[C@@H]1C(C(=O)OC)=C(C)N=C(C)C1C(=O)OC. The fourth-order valence-corrected chi connectivity index (χ4v) is 2.78. The largest absolute Gasteiger partial charge is 0.468 e. The molecule has 9 heteroatoms. The predicted molar refractivity (Wildman–Crippen MR) is 95.7 cm³/mol. The number of rotatable bonds is 8. The van der Waals surface area contributed by atoms with E-state index in [9.17, 15) is 19.2 Å². The number of nitrogens with zero attached hydrogens (tertiary/aromatic N) is 1. The Morgan fingerprint density at radius 1 is 1.04 bits per heavy atom. The first-order valence-electron chi connectivity index (χ1n) is 8.63. The van der Waals surface area contributed by atoms with Crippen molar-refractivity contribution in [1.82, 2.24) is 5.32 Å². The van der Waals surface area contributed by atoms with E-state index in [4.69, 9.17) is 14.2 Å². The molecule has 1 unspecified atom stereocenters. The van der Waals surface area contributed by atoms with Crippen LogP contribution in [0.15, 0.2) is 16.3 Å². The molecule has 27 heavy (non-hydrogen) atoms. The van der Waals surface area contributed by atoms with Crippen molar-refractivity contribution >= 4 is 29.5 Å². The monoisotopic (exact) mass is 382 g/mol. The van der Waals surface area contributed by atoms with Gasteiger partial charge < -0.3 is 19.5 Å². The van der Waals surface area contributed by atoms with Crippen LogP contribution in [-0.4, -0.2) is 56.9 Å². The van der Waals surface area contributed by atoms with Gasteiger partial charge in [0.2, 0.25) is 0 Å². The Morgan fingerprint density at radius 3 is 2.26 bits per heavy atom. The van der Waals surface area contributed by atoms with E-state index in [2.05, 4.69) is 10.3 Å². The third-order valence-electron chi connectivity index (χ3n) is 4.14. The first-order chi connectivity index (χ1) is 12.8. The lowest BCUT2D eigenvalue weighted by Gasteiger charge is -2.29. The lowest BCUT2D eigenvalue weighted by Crippen LogP contribution is -2.43. The van der Waals surface area contributed by atoms with Gasteiger partial charge in [-0.3, -0.25) is 19.4 Å². The number of carbonyl (C=O) groups excluding carboxylic acids is 4. The molecule has 9 nitrogen and oxygen atoms in total. The van der Waals surface area contributed by atoms with Gasteiger partial charge >= 0.3 is 17.9 Å². The third kappa shape index (κ3) is 5.63. The van der Waals surface area contributed by atoms with Crippen LogP contribution in [0, 0.1) is 11.8 Å². The number of esters is 3. The highest BCUT2D eigenvalue weighted by Crippen LogP contribution is 2.33. The Hall–Kier alpha value is -2.71. The van der Waals surface area contributed by atoms with Gasteiger partial charge in [0.1, 0.15) is 11.8 Å². The Labute approximate surface area is 158 Å². The molecule has 0 spiro atoms. The zero-order valence-electron chi connectivity index (χ0n) is 16.3. The molecule has 0 fully saturated rings. The van der Waals surface area contributed by atoms with Gasteiger partial charge in [0.05, 0.1) is 19.8 Å². The standard InChI is InChI=1S/C18H26N2O7/c1-6-7-8-19-12(21)9-27-18(24)15-13(16(22)25-4)10(2)20-11(3)14(15)17(23)26-5/h13,15H,6-9H2,1-5H3,(H,19,21)/t13?,15-/m0/s1. The van der Waals surface area contributed by atoms with Crippen LogP contribution in [0.25, 0.3) is 0 Å². The van der Waals surface area contributed by atoms with Crippen LogP contribution >= 0.6 is 0 Å². The number of methoxy groups -OCH3 is 2. The molecule has 0 aromatic rings. The van der Waals surface area contributed by atoms with Gasteiger partial charge in [-0.1, -0.05) is 13.3 Å². The number of allylic oxidation sites excluding steroid dienone is 1. The van der Waals surface area contributed by atoms with Crippen molar-refractivity contribution < 1.29 is 33.4 Å². The van der Waals surface area contributed by atoms with Crippen molar-refractivity contribution in [2.45, 2.75) is 33.6 Å². The maximum atomic E-state index is 12.7. The number of nitrogens with one attached hydrogen (secondary N) is 1. The average Bonchev–Trinajstić information content (AvgIpc) is 2.64. The number of unbranched alkanes of at least 4 members (excludes halogenated alkanes) is 1. The van der Waals surface area contributed by atoms with E-state index < -0.39 is 42.3 Å². The van der Waals surface area contributed by atoms with Crippen molar-refractivity contribution in [2.75, 3.05) is 27.4 Å². The van der Waals surface area contributed by atoms with E-state index in [1.54, 1.807) is 6.92 Å². The van der Waals surface area contributed by atoms with E-state index in [0.29, 0.717) is 12.3 Å². The molecule has 1 amide bonds. The van der Waals surface area contributed by atoms with Crippen molar-refractivity contribution in [3.63, 3.8) is 0 Å². The number of hydrogen-bond acceptors (Lipinski definition) is 8. The van der Waals surface area contributed by atoms with Crippen LogP contribution in [0.2, 0.25) is 0 Å². The molecule has 0 radical (unpaired) electrons. The zero-order valence-corrected chi connectivity index (χ0v) is 16.3. The minimum atomic E-state index is -1.30. The molecule has 1 aliphatic rings. The van der Waals surface area contributed by atoms with Gasteiger partial charge in [-0.25, -0.2) is 4.79 Å². The van der Waals surface area contributed by atoms with Crippen LogP contribution in [0.3, 0.4) is 0 Å². The minimum absolute atomic E-state index is 0.0881. The van der Waals surface area contributed by atoms with Crippen LogP contribution in [0.4, 0.5) is 0 Å². The predicted octanol–water partition coefficient (Wildman–Crippen LogP) is 0.773. The smallest absolute Gasteiger partial charge is 0.336 e. The average molecular weight is 382 g/mol. The Balaban J connectivity index is 3.06. The lowest BCUT2D eigenvalue weighted by molar-refractivity contribution is -0.158. The van der Waals surface area contributed by atoms with Gasteiger partial charge in [-0.05, 0) is 20.3 Å². The summed E-state index contributed by atoms with van der Waals surface area (Å²) in [4.78, 5) is 53.0. The lowest BCUT2D eigenvalue weighted by atomic mass is 9.80. The summed E-state index contributed by atoms with van der Waals surface area (Å²) in [7, 11) is 2.33. The molecule has 0 aliphatic carbocycles. The summed E-state index contributed by atoms with van der Waals surface area (Å²) in [5.74, 6) is -5.33. The van der Waals surface area contributed by atoms with E-state index in [0.717, 1.165) is 20.0 Å². The van der Waals surface area contributed by atoms with E-state index in [1.807, 2.05) is 6.92 Å². The van der Waals surface area contributed by atoms with Crippen molar-refractivity contribution in [2.24, 2.45) is 16.8 Å². The fourth-order valence-electron chi connectivity index (χ4n) is 2.78. The molecule has 0 aromatic heterocycles. The minimum Gasteiger partial charge on any atom is -0.468 e. The second-order valence-corrected chi connectivity index (χ2v) is 6.03. The van der Waals surface area contributed by atoms with Crippen LogP contribution < -0.4 is 5.32 Å². The van der Waals surface area contributed by atoms with Crippen molar-refractivity contribution in [3.8, 4) is 0 Å². The molecule has 1 rings (SSSR count). The number of amides is 1. The number of carbonyl (C=O) groups is 4. The van der Waals surface area contributed by atoms with E-state index >= 15 is 0 Å². The molecule has 1 heterocycles. The summed E-state index contributed by atoms with van der Waals surface area (Å²) in [6.07, 6.45) is 1.71. The summed E-state index contributed by atoms with van der Waals surface area (Å²) < 4.78 is 14.5. The Morgan fingerprint density at radius 2 is 1.70 bits per heavy atom. The van der Waals surface area contributed by atoms with Crippen molar-refractivity contribution in [3.05, 3.63) is 11.3 Å². The van der Waals surface area contributed by atoms with Crippen LogP contribution in [0.1, 0.15) is 33.6 Å². The summed E-state index contributed by atoms with van der Waals surface area (Å²) >= 11 is 0. The van der Waals surface area contributed by atoms with Gasteiger partial charge in [0.25, 0.3) is 5.91 Å². The van der Waals surface area contributed by atoms with Gasteiger partial charge in [0.15, 0.2) is 6.61 Å². The number of hydrogen-bond donors (Lipinski definition) is 1. The fraction of sp³-hybridized carbons (Fsp3) is 0.611. The Bertz CT molecular complexity index is 667. The van der Waals surface area contributed by atoms with Gasteiger partial charge in [0, 0.05) is 18.0 Å². The highest BCUT2D eigenvalue weighted by molar-refractivity contribution is 6.10. The maximum absolute atomic E-state index is 12.7. The second kappa shape index (κ2) is 10.4. The summed E-state index contributed by atoms with van der Waals surface area (Å²) in [5, 5.41) is 2.61. The molecule has 0 saturated carbocycles. The van der Waals surface area contributed by atoms with Crippen LogP contribution in [-0.2, 0) is 33.4 Å². The molecule has 150 valence electrons. The van der Waals surface area contributed by atoms with Crippen LogP contribution in [0.5, 0.6) is 0 Å². The second-order valence-electron chi connectivity index (χ2n) is 6.03. The van der Waals surface area contributed by atoms with Crippen molar-refractivity contribution in [1.29, 1.82) is 0 Å². The molecule has 1 aliphatic heterocycles. The topological polar surface area (TPSA) is 120 Å². The molecular weight excluding hydrogens is 356 g/mol. The highest BCUT2D eigenvalue weighted by Gasteiger charge is 2.46. The molecule has 0 aromatic carbocycles. The Kier molecular flexibility index (Phi) is 8.64.